The Morgan fingerprint density at radius 2 is 2.07 bits per heavy atom. The summed E-state index contributed by atoms with van der Waals surface area (Å²) < 4.78 is 16.2. The summed E-state index contributed by atoms with van der Waals surface area (Å²) in [4.78, 5) is 14.7. The van der Waals surface area contributed by atoms with Crippen LogP contribution in [-0.4, -0.2) is 38.5 Å². The molecule has 2 heterocycles. The molecule has 1 amide bonds. The van der Waals surface area contributed by atoms with Crippen LogP contribution in [0.1, 0.15) is 29.7 Å². The molecular formula is C20H21FN4OS2. The van der Waals surface area contributed by atoms with Crippen molar-refractivity contribution in [1.82, 2.24) is 9.47 Å². The van der Waals surface area contributed by atoms with Crippen LogP contribution in [0, 0.1) is 31.0 Å². The number of thiocarbonyl (C=S) groups is 1. The van der Waals surface area contributed by atoms with Gasteiger partial charge in [0.15, 0.2) is 0 Å². The lowest BCUT2D eigenvalue weighted by molar-refractivity contribution is -0.113. The predicted molar refractivity (Wildman–Crippen MR) is 114 cm³/mol. The molecule has 1 saturated heterocycles. The quantitative estimate of drug-likeness (QED) is 0.759. The van der Waals surface area contributed by atoms with Gasteiger partial charge < -0.3 is 10.2 Å². The van der Waals surface area contributed by atoms with Crippen LogP contribution in [0.25, 0.3) is 5.69 Å². The zero-order valence-corrected chi connectivity index (χ0v) is 17.4. The zero-order valence-electron chi connectivity index (χ0n) is 15.8. The molecule has 1 N–H and O–H groups in total. The second kappa shape index (κ2) is 8.76. The highest BCUT2D eigenvalue weighted by Gasteiger charge is 2.22. The van der Waals surface area contributed by atoms with E-state index in [0.717, 1.165) is 41.5 Å². The number of anilines is 1. The van der Waals surface area contributed by atoms with Crippen molar-refractivity contribution in [3.05, 3.63) is 46.9 Å². The van der Waals surface area contributed by atoms with Crippen molar-refractivity contribution in [2.45, 2.75) is 26.7 Å². The van der Waals surface area contributed by atoms with Crippen molar-refractivity contribution in [3.63, 3.8) is 0 Å². The Kier molecular flexibility index (Phi) is 6.37. The van der Waals surface area contributed by atoms with Crippen molar-refractivity contribution in [3.8, 4) is 11.8 Å². The molecular weight excluding hydrogens is 395 g/mol. The van der Waals surface area contributed by atoms with Crippen LogP contribution in [0.5, 0.6) is 0 Å². The minimum atomic E-state index is -0.384. The number of rotatable bonds is 4. The second-order valence-corrected chi connectivity index (χ2v) is 8.27. The topological polar surface area (TPSA) is 61.1 Å². The van der Waals surface area contributed by atoms with Crippen LogP contribution >= 0.6 is 24.0 Å². The van der Waals surface area contributed by atoms with E-state index in [0.29, 0.717) is 17.1 Å². The highest BCUT2D eigenvalue weighted by atomic mass is 32.2. The Balaban J connectivity index is 1.82. The first-order chi connectivity index (χ1) is 13.4. The van der Waals surface area contributed by atoms with Gasteiger partial charge in [0.1, 0.15) is 22.0 Å². The van der Waals surface area contributed by atoms with Gasteiger partial charge in [-0.3, -0.25) is 9.36 Å². The van der Waals surface area contributed by atoms with E-state index in [4.69, 9.17) is 12.2 Å². The Hall–Kier alpha value is -2.37. The predicted octanol–water partition coefficient (Wildman–Crippen LogP) is 4.16. The lowest BCUT2D eigenvalue weighted by atomic mass is 10.2. The Morgan fingerprint density at radius 1 is 1.36 bits per heavy atom. The van der Waals surface area contributed by atoms with Crippen molar-refractivity contribution in [1.29, 1.82) is 5.26 Å². The fourth-order valence-corrected chi connectivity index (χ4v) is 4.34. The summed E-state index contributed by atoms with van der Waals surface area (Å²) in [5, 5.41) is 12.4. The van der Waals surface area contributed by atoms with Crippen molar-refractivity contribution in [2.24, 2.45) is 0 Å². The number of hydrogen-bond acceptors (Lipinski definition) is 4. The minimum absolute atomic E-state index is 0.159. The fraction of sp³-hybridized carbons (Fsp3) is 0.350. The normalized spacial score (nSPS) is 13.4. The molecule has 1 fully saturated rings. The van der Waals surface area contributed by atoms with Gasteiger partial charge in [-0.15, -0.1) is 0 Å². The molecule has 0 radical (unpaired) electrons. The number of nitrogens with zero attached hydrogens (tertiary/aromatic N) is 3. The molecule has 0 aliphatic carbocycles. The highest BCUT2D eigenvalue weighted by molar-refractivity contribution is 8.23. The highest BCUT2D eigenvalue weighted by Crippen LogP contribution is 2.30. The van der Waals surface area contributed by atoms with Crippen LogP contribution in [0.2, 0.25) is 0 Å². The van der Waals surface area contributed by atoms with E-state index >= 15 is 0 Å². The maximum absolute atomic E-state index is 13.7. The number of hydrogen-bond donors (Lipinski definition) is 1. The molecule has 1 aromatic carbocycles. The van der Waals surface area contributed by atoms with Gasteiger partial charge in [-0.05, 0) is 50.5 Å². The first kappa shape index (κ1) is 20.4. The number of likely N-dealkylation sites (tertiary alicyclic amines) is 1. The van der Waals surface area contributed by atoms with E-state index < -0.39 is 0 Å². The van der Waals surface area contributed by atoms with Gasteiger partial charge in [-0.25, -0.2) is 4.39 Å². The third-order valence-corrected chi connectivity index (χ3v) is 6.36. The third kappa shape index (κ3) is 4.21. The molecule has 1 aliphatic heterocycles. The Labute approximate surface area is 173 Å². The summed E-state index contributed by atoms with van der Waals surface area (Å²) >= 11 is 6.72. The Bertz CT molecular complexity index is 958. The number of nitriles is 1. The minimum Gasteiger partial charge on any atom is -0.358 e. The lowest BCUT2D eigenvalue weighted by Gasteiger charge is -2.17. The van der Waals surface area contributed by atoms with E-state index in [1.807, 2.05) is 13.8 Å². The molecule has 0 saturated carbocycles. The maximum Gasteiger partial charge on any atom is 0.235 e. The summed E-state index contributed by atoms with van der Waals surface area (Å²) in [5.41, 5.74) is 2.46. The third-order valence-electron chi connectivity index (χ3n) is 4.84. The second-order valence-electron chi connectivity index (χ2n) is 6.66. The molecule has 0 bridgehead atoms. The molecule has 146 valence electrons. The number of nitrogens with one attached hydrogen (secondary N) is 1. The molecule has 0 atom stereocenters. The molecule has 3 rings (SSSR count). The summed E-state index contributed by atoms with van der Waals surface area (Å²) in [7, 11) is 0. The molecule has 1 aliphatic rings. The molecule has 1 aromatic heterocycles. The zero-order chi connectivity index (χ0) is 20.3. The van der Waals surface area contributed by atoms with E-state index in [2.05, 4.69) is 16.3 Å². The molecule has 8 heteroatoms. The van der Waals surface area contributed by atoms with Gasteiger partial charge in [0.2, 0.25) is 5.91 Å². The van der Waals surface area contributed by atoms with Crippen LogP contribution in [0.15, 0.2) is 24.3 Å². The largest absolute Gasteiger partial charge is 0.358 e. The van der Waals surface area contributed by atoms with Crippen LogP contribution in [0.3, 0.4) is 0 Å². The van der Waals surface area contributed by atoms with Gasteiger partial charge >= 0.3 is 0 Å². The first-order valence-electron chi connectivity index (χ1n) is 9.02. The van der Waals surface area contributed by atoms with Crippen molar-refractivity contribution in [2.75, 3.05) is 24.2 Å². The average Bonchev–Trinajstić information content (AvgIpc) is 3.28. The Morgan fingerprint density at radius 3 is 2.71 bits per heavy atom. The molecule has 0 spiro atoms. The van der Waals surface area contributed by atoms with E-state index in [-0.39, 0.29) is 17.5 Å². The first-order valence-corrected chi connectivity index (χ1v) is 10.4. The average molecular weight is 417 g/mol. The molecule has 5 nitrogen and oxygen atoms in total. The van der Waals surface area contributed by atoms with Crippen LogP contribution < -0.4 is 5.32 Å². The van der Waals surface area contributed by atoms with Gasteiger partial charge in [0.25, 0.3) is 0 Å². The number of thioether (sulfide) groups is 1. The number of halogens is 1. The SMILES string of the molecule is Cc1c(C#N)c(NC(=O)CSC(=S)N2CCCC2)n(-c2cccc(F)c2)c1C. The molecule has 0 unspecified atom stereocenters. The van der Waals surface area contributed by atoms with Crippen molar-refractivity contribution >= 4 is 40.0 Å². The summed E-state index contributed by atoms with van der Waals surface area (Å²) in [5.74, 6) is -0.114. The van der Waals surface area contributed by atoms with Gasteiger partial charge in [0, 0.05) is 18.8 Å². The van der Waals surface area contributed by atoms with Crippen molar-refractivity contribution < 1.29 is 9.18 Å². The van der Waals surface area contributed by atoms with Crippen LogP contribution in [-0.2, 0) is 4.79 Å². The standard InChI is InChI=1S/C20H21FN4OS2/c1-13-14(2)25(16-7-5-6-15(21)10-16)19(17(13)11-22)23-18(26)12-28-20(27)24-8-3-4-9-24/h5-7,10H,3-4,8-9,12H2,1-2H3,(H,23,26). The van der Waals surface area contributed by atoms with E-state index in [1.165, 1.54) is 23.9 Å². The number of carbonyl (C=O) groups is 1. The summed E-state index contributed by atoms with van der Waals surface area (Å²) in [6, 6.07) is 8.22. The monoisotopic (exact) mass is 416 g/mol. The molecule has 28 heavy (non-hydrogen) atoms. The smallest absolute Gasteiger partial charge is 0.235 e. The number of benzene rings is 1. The van der Waals surface area contributed by atoms with E-state index in [1.54, 1.807) is 16.7 Å². The fourth-order valence-electron chi connectivity index (χ4n) is 3.29. The van der Waals surface area contributed by atoms with E-state index in [9.17, 15) is 14.4 Å². The van der Waals surface area contributed by atoms with Gasteiger partial charge in [-0.1, -0.05) is 30.0 Å². The number of carbonyl (C=O) groups excluding carboxylic acids is 1. The van der Waals surface area contributed by atoms with Gasteiger partial charge in [-0.2, -0.15) is 5.26 Å². The number of amides is 1. The maximum atomic E-state index is 13.7. The summed E-state index contributed by atoms with van der Waals surface area (Å²) in [6.07, 6.45) is 2.25. The number of aromatic nitrogens is 1. The summed E-state index contributed by atoms with van der Waals surface area (Å²) in [6.45, 7) is 5.53. The van der Waals surface area contributed by atoms with Crippen LogP contribution in [0.4, 0.5) is 10.2 Å². The lowest BCUT2D eigenvalue weighted by Crippen LogP contribution is -2.25. The van der Waals surface area contributed by atoms with Gasteiger partial charge in [0.05, 0.1) is 17.0 Å². The molecule has 2 aromatic rings.